The van der Waals surface area contributed by atoms with Crippen LogP contribution in [0.1, 0.15) is 55.6 Å². The van der Waals surface area contributed by atoms with Gasteiger partial charge in [0.15, 0.2) is 0 Å². The zero-order chi connectivity index (χ0) is 16.7. The Balaban J connectivity index is 2.03. The molecule has 0 unspecified atom stereocenters. The van der Waals surface area contributed by atoms with Gasteiger partial charge in [-0.1, -0.05) is 31.4 Å². The van der Waals surface area contributed by atoms with Gasteiger partial charge in [-0.25, -0.2) is 0 Å². The summed E-state index contributed by atoms with van der Waals surface area (Å²) in [6.45, 7) is 3.42. The van der Waals surface area contributed by atoms with Crippen LogP contribution in [0.5, 0.6) is 0 Å². The molecule has 24 heavy (non-hydrogen) atoms. The zero-order valence-electron chi connectivity index (χ0n) is 14.3. The second-order valence-corrected chi connectivity index (χ2v) is 7.17. The Bertz CT molecular complexity index is 885. The van der Waals surface area contributed by atoms with Crippen molar-refractivity contribution in [1.82, 2.24) is 9.13 Å². The molecule has 0 bridgehead atoms. The van der Waals surface area contributed by atoms with Crippen molar-refractivity contribution >= 4 is 0 Å². The van der Waals surface area contributed by atoms with Gasteiger partial charge in [0.05, 0.1) is 11.4 Å². The summed E-state index contributed by atoms with van der Waals surface area (Å²) >= 11 is 0. The highest BCUT2D eigenvalue weighted by Gasteiger charge is 2.26. The summed E-state index contributed by atoms with van der Waals surface area (Å²) < 4.78 is 3.79. The van der Waals surface area contributed by atoms with Gasteiger partial charge in [0, 0.05) is 25.2 Å². The molecular formula is C20H24N2O2. The molecule has 0 aromatic carbocycles. The molecule has 4 nitrogen and oxygen atoms in total. The van der Waals surface area contributed by atoms with Crippen molar-refractivity contribution in [2.24, 2.45) is 0 Å². The first-order valence-corrected chi connectivity index (χ1v) is 9.11. The summed E-state index contributed by atoms with van der Waals surface area (Å²) in [6.07, 6.45) is 6.99. The quantitative estimate of drug-likeness (QED) is 0.806. The highest BCUT2D eigenvalue weighted by molar-refractivity contribution is 5.65. The van der Waals surface area contributed by atoms with Crippen LogP contribution in [0, 0.1) is 6.92 Å². The second-order valence-electron chi connectivity index (χ2n) is 7.17. The molecule has 2 aliphatic rings. The Morgan fingerprint density at radius 2 is 1.42 bits per heavy atom. The second kappa shape index (κ2) is 6.08. The molecule has 1 aliphatic carbocycles. The first kappa shape index (κ1) is 15.4. The van der Waals surface area contributed by atoms with E-state index in [4.69, 9.17) is 0 Å². The van der Waals surface area contributed by atoms with Gasteiger partial charge in [-0.15, -0.1) is 0 Å². The molecule has 4 rings (SSSR count). The van der Waals surface area contributed by atoms with Crippen LogP contribution < -0.4 is 11.1 Å². The van der Waals surface area contributed by atoms with E-state index in [1.54, 1.807) is 12.1 Å². The lowest BCUT2D eigenvalue weighted by Crippen LogP contribution is -2.25. The predicted octanol–water partition coefficient (Wildman–Crippen LogP) is 3.44. The number of hydrogen-bond acceptors (Lipinski definition) is 2. The summed E-state index contributed by atoms with van der Waals surface area (Å²) in [5, 5.41) is 0. The maximum Gasteiger partial charge on any atom is 0.251 e. The van der Waals surface area contributed by atoms with Crippen LogP contribution in [0.15, 0.2) is 33.9 Å². The van der Waals surface area contributed by atoms with Gasteiger partial charge >= 0.3 is 0 Å². The molecule has 2 aromatic heterocycles. The molecule has 0 spiro atoms. The van der Waals surface area contributed by atoms with Gasteiger partial charge in [0.2, 0.25) is 0 Å². The van der Waals surface area contributed by atoms with Crippen molar-refractivity contribution in [3.05, 3.63) is 56.1 Å². The Morgan fingerprint density at radius 3 is 2.12 bits per heavy atom. The summed E-state index contributed by atoms with van der Waals surface area (Å²) in [6, 6.07) is 7.29. The van der Waals surface area contributed by atoms with Crippen LogP contribution in [0.25, 0.3) is 11.4 Å². The minimum Gasteiger partial charge on any atom is -0.306 e. The number of rotatable bonds is 1. The summed E-state index contributed by atoms with van der Waals surface area (Å²) in [5.41, 5.74) is 4.38. The van der Waals surface area contributed by atoms with Gasteiger partial charge in [0.1, 0.15) is 0 Å². The smallest absolute Gasteiger partial charge is 0.251 e. The minimum atomic E-state index is 0.0370. The van der Waals surface area contributed by atoms with Crippen LogP contribution in [0.2, 0.25) is 0 Å². The van der Waals surface area contributed by atoms with E-state index in [1.807, 2.05) is 28.2 Å². The third kappa shape index (κ3) is 2.45. The molecule has 0 atom stereocenters. The normalized spacial score (nSPS) is 17.9. The largest absolute Gasteiger partial charge is 0.306 e. The molecule has 1 fully saturated rings. The fraction of sp³-hybridized carbons (Fsp3) is 0.500. The molecular weight excluding hydrogens is 300 g/mol. The molecule has 0 amide bonds. The maximum absolute atomic E-state index is 12.5. The predicted molar refractivity (Wildman–Crippen MR) is 95.6 cm³/mol. The van der Waals surface area contributed by atoms with Crippen molar-refractivity contribution in [2.45, 2.75) is 64.5 Å². The van der Waals surface area contributed by atoms with Gasteiger partial charge in [-0.2, -0.15) is 0 Å². The van der Waals surface area contributed by atoms with Gasteiger partial charge < -0.3 is 9.13 Å². The Hall–Kier alpha value is -2.10. The molecule has 3 heterocycles. The van der Waals surface area contributed by atoms with E-state index < -0.39 is 0 Å². The van der Waals surface area contributed by atoms with E-state index in [-0.39, 0.29) is 11.1 Å². The summed E-state index contributed by atoms with van der Waals surface area (Å²) in [5.74, 6) is 0.502. The molecule has 0 N–H and O–H groups in total. The number of aryl methyl sites for hydroxylation is 1. The molecule has 126 valence electrons. The number of fused-ring (bicyclic) bond motifs is 3. The third-order valence-corrected chi connectivity index (χ3v) is 5.63. The van der Waals surface area contributed by atoms with Crippen LogP contribution in [0.4, 0.5) is 0 Å². The van der Waals surface area contributed by atoms with E-state index in [0.29, 0.717) is 19.0 Å². The highest BCUT2D eigenvalue weighted by Crippen LogP contribution is 2.38. The summed E-state index contributed by atoms with van der Waals surface area (Å²) in [4.78, 5) is 25.0. The van der Waals surface area contributed by atoms with E-state index in [0.717, 1.165) is 23.4 Å². The molecule has 1 aliphatic heterocycles. The lowest BCUT2D eigenvalue weighted by Gasteiger charge is -2.26. The van der Waals surface area contributed by atoms with Crippen molar-refractivity contribution in [3.8, 4) is 11.4 Å². The summed E-state index contributed by atoms with van der Waals surface area (Å²) in [7, 11) is 0. The van der Waals surface area contributed by atoms with E-state index in [2.05, 4.69) is 0 Å². The zero-order valence-corrected chi connectivity index (χ0v) is 14.3. The van der Waals surface area contributed by atoms with Crippen LogP contribution in [-0.4, -0.2) is 9.13 Å². The monoisotopic (exact) mass is 324 g/mol. The number of hydrogen-bond donors (Lipinski definition) is 0. The van der Waals surface area contributed by atoms with Gasteiger partial charge in [-0.05, 0) is 43.2 Å². The van der Waals surface area contributed by atoms with Crippen molar-refractivity contribution in [3.63, 3.8) is 0 Å². The van der Waals surface area contributed by atoms with Crippen LogP contribution >= 0.6 is 0 Å². The Kier molecular flexibility index (Phi) is 3.91. The van der Waals surface area contributed by atoms with Crippen molar-refractivity contribution < 1.29 is 0 Å². The Morgan fingerprint density at radius 1 is 0.792 bits per heavy atom. The fourth-order valence-electron chi connectivity index (χ4n) is 4.44. The van der Waals surface area contributed by atoms with E-state index in [9.17, 15) is 9.59 Å². The average molecular weight is 324 g/mol. The molecule has 1 saturated carbocycles. The topological polar surface area (TPSA) is 44.0 Å². The number of pyridine rings is 2. The van der Waals surface area contributed by atoms with Crippen LogP contribution in [-0.2, 0) is 13.1 Å². The molecule has 0 saturated heterocycles. The molecule has 0 radical (unpaired) electrons. The SMILES string of the molecule is Cc1ccc(=O)n2c1-c1c(C3CCCCC3)ccc(=O)n1CCC2. The minimum absolute atomic E-state index is 0.0370. The fourth-order valence-corrected chi connectivity index (χ4v) is 4.44. The van der Waals surface area contributed by atoms with Crippen molar-refractivity contribution in [1.29, 1.82) is 0 Å². The standard InChI is InChI=1S/C20H24N2O2/c1-14-8-10-17(23)21-12-5-13-22-18(24)11-9-16(20(22)19(14)21)15-6-3-2-4-7-15/h8-11,15H,2-7,12-13H2,1H3. The average Bonchev–Trinajstić information content (AvgIpc) is 2.81. The van der Waals surface area contributed by atoms with E-state index in [1.165, 1.54) is 37.7 Å². The third-order valence-electron chi connectivity index (χ3n) is 5.63. The maximum atomic E-state index is 12.5. The van der Waals surface area contributed by atoms with Crippen molar-refractivity contribution in [2.75, 3.05) is 0 Å². The van der Waals surface area contributed by atoms with Gasteiger partial charge in [0.25, 0.3) is 11.1 Å². The number of nitrogens with zero attached hydrogens (tertiary/aromatic N) is 2. The van der Waals surface area contributed by atoms with E-state index >= 15 is 0 Å². The number of aromatic nitrogens is 2. The van der Waals surface area contributed by atoms with Crippen LogP contribution in [0.3, 0.4) is 0 Å². The van der Waals surface area contributed by atoms with Gasteiger partial charge in [-0.3, -0.25) is 9.59 Å². The Labute approximate surface area is 141 Å². The molecule has 4 heteroatoms. The first-order valence-electron chi connectivity index (χ1n) is 9.11. The lowest BCUT2D eigenvalue weighted by atomic mass is 9.82. The first-order chi connectivity index (χ1) is 11.7. The lowest BCUT2D eigenvalue weighted by molar-refractivity contribution is 0.441. The molecule has 2 aromatic rings. The highest BCUT2D eigenvalue weighted by atomic mass is 16.1.